The lowest BCUT2D eigenvalue weighted by Gasteiger charge is -2.29. The van der Waals surface area contributed by atoms with Crippen LogP contribution in [0.2, 0.25) is 0 Å². The number of benzene rings is 2. The Balaban J connectivity index is 1.32. The molecular formula is C24H33FN4OS. The van der Waals surface area contributed by atoms with Gasteiger partial charge in [-0.15, -0.1) is 11.8 Å². The number of aliphatic hydroxyl groups is 1. The van der Waals surface area contributed by atoms with Crippen LogP contribution in [0.15, 0.2) is 58.4 Å². The second kappa shape index (κ2) is 12.7. The first kappa shape index (κ1) is 23.6. The van der Waals surface area contributed by atoms with Crippen molar-refractivity contribution in [1.82, 2.24) is 15.5 Å². The van der Waals surface area contributed by atoms with E-state index in [1.165, 1.54) is 23.3 Å². The van der Waals surface area contributed by atoms with E-state index in [4.69, 9.17) is 0 Å². The molecular weight excluding hydrogens is 411 g/mol. The number of halogens is 1. The third-order valence-electron chi connectivity index (χ3n) is 5.37. The number of piperidine rings is 1. The zero-order valence-electron chi connectivity index (χ0n) is 18.2. The minimum Gasteiger partial charge on any atom is -0.393 e. The molecule has 0 amide bonds. The summed E-state index contributed by atoms with van der Waals surface area (Å²) in [7, 11) is 1.78. The summed E-state index contributed by atoms with van der Waals surface area (Å²) in [5.74, 6) is 1.56. The summed E-state index contributed by atoms with van der Waals surface area (Å²) in [5, 5.41) is 16.3. The Bertz CT molecular complexity index is 805. The molecule has 0 unspecified atom stereocenters. The maximum absolute atomic E-state index is 12.9. The second-order valence-electron chi connectivity index (χ2n) is 7.83. The van der Waals surface area contributed by atoms with Gasteiger partial charge in [0.1, 0.15) is 5.82 Å². The average molecular weight is 445 g/mol. The van der Waals surface area contributed by atoms with E-state index in [2.05, 4.69) is 44.8 Å². The van der Waals surface area contributed by atoms with E-state index in [9.17, 15) is 9.50 Å². The molecule has 1 heterocycles. The highest BCUT2D eigenvalue weighted by Gasteiger charge is 2.16. The SMILES string of the molecule is CN=C(NCCCSc1ccc(F)cc1)NCc1ccc(CN2CCC(O)CC2)cc1. The van der Waals surface area contributed by atoms with Crippen molar-refractivity contribution in [2.75, 3.05) is 32.4 Å². The highest BCUT2D eigenvalue weighted by atomic mass is 32.2. The van der Waals surface area contributed by atoms with Crippen LogP contribution in [0.25, 0.3) is 0 Å². The number of likely N-dealkylation sites (tertiary alicyclic amines) is 1. The second-order valence-corrected chi connectivity index (χ2v) is 9.00. The molecule has 0 radical (unpaired) electrons. The van der Waals surface area contributed by atoms with Gasteiger partial charge in [-0.2, -0.15) is 0 Å². The van der Waals surface area contributed by atoms with Gasteiger partial charge in [-0.3, -0.25) is 9.89 Å². The van der Waals surface area contributed by atoms with Crippen LogP contribution in [-0.2, 0) is 13.1 Å². The molecule has 168 valence electrons. The van der Waals surface area contributed by atoms with Crippen molar-refractivity contribution >= 4 is 17.7 Å². The topological polar surface area (TPSA) is 59.9 Å². The summed E-state index contributed by atoms with van der Waals surface area (Å²) in [6.45, 7) is 4.43. The summed E-state index contributed by atoms with van der Waals surface area (Å²) in [6, 6.07) is 15.3. The van der Waals surface area contributed by atoms with Crippen molar-refractivity contribution in [2.24, 2.45) is 4.99 Å². The maximum atomic E-state index is 12.9. The molecule has 1 fully saturated rings. The number of nitrogens with one attached hydrogen (secondary N) is 2. The number of hydrogen-bond acceptors (Lipinski definition) is 4. The molecule has 0 aliphatic carbocycles. The van der Waals surface area contributed by atoms with Gasteiger partial charge in [0.25, 0.3) is 0 Å². The molecule has 2 aromatic carbocycles. The zero-order chi connectivity index (χ0) is 21.9. The summed E-state index contributed by atoms with van der Waals surface area (Å²) >= 11 is 1.73. The van der Waals surface area contributed by atoms with E-state index in [0.29, 0.717) is 0 Å². The number of hydrogen-bond donors (Lipinski definition) is 3. The first-order valence-electron chi connectivity index (χ1n) is 10.9. The lowest BCUT2D eigenvalue weighted by Crippen LogP contribution is -2.37. The third kappa shape index (κ3) is 8.51. The maximum Gasteiger partial charge on any atom is 0.191 e. The molecule has 5 nitrogen and oxygen atoms in total. The molecule has 0 bridgehead atoms. The van der Waals surface area contributed by atoms with Gasteiger partial charge in [0.2, 0.25) is 0 Å². The first-order valence-corrected chi connectivity index (χ1v) is 11.9. The lowest BCUT2D eigenvalue weighted by molar-refractivity contribution is 0.0792. The molecule has 0 spiro atoms. The summed E-state index contributed by atoms with van der Waals surface area (Å²) < 4.78 is 12.9. The van der Waals surface area contributed by atoms with Crippen LogP contribution in [0.4, 0.5) is 4.39 Å². The van der Waals surface area contributed by atoms with Crippen molar-refractivity contribution in [2.45, 2.75) is 43.4 Å². The molecule has 2 aromatic rings. The largest absolute Gasteiger partial charge is 0.393 e. The van der Waals surface area contributed by atoms with E-state index in [0.717, 1.165) is 68.6 Å². The minimum atomic E-state index is -0.196. The number of aliphatic hydroxyl groups excluding tert-OH is 1. The Morgan fingerprint density at radius 3 is 2.42 bits per heavy atom. The van der Waals surface area contributed by atoms with Gasteiger partial charge >= 0.3 is 0 Å². The molecule has 1 aliphatic heterocycles. The molecule has 3 N–H and O–H groups in total. The standard InChI is InChI=1S/C24H33FN4OS/c1-26-24(27-13-2-16-31-23-9-7-21(25)8-10-23)28-17-19-3-5-20(6-4-19)18-29-14-11-22(30)12-15-29/h3-10,22,30H,2,11-18H2,1H3,(H2,26,27,28). The highest BCUT2D eigenvalue weighted by molar-refractivity contribution is 7.99. The lowest BCUT2D eigenvalue weighted by atomic mass is 10.1. The Kier molecular flexibility index (Phi) is 9.65. The summed E-state index contributed by atoms with van der Waals surface area (Å²) in [5.41, 5.74) is 2.52. The monoisotopic (exact) mass is 444 g/mol. The van der Waals surface area contributed by atoms with Crippen LogP contribution in [0.3, 0.4) is 0 Å². The molecule has 1 aliphatic rings. The van der Waals surface area contributed by atoms with Crippen molar-refractivity contribution in [3.05, 3.63) is 65.5 Å². The molecule has 0 atom stereocenters. The van der Waals surface area contributed by atoms with Gasteiger partial charge in [-0.05, 0) is 60.4 Å². The normalized spacial score (nSPS) is 15.8. The fraction of sp³-hybridized carbons (Fsp3) is 0.458. The van der Waals surface area contributed by atoms with Crippen molar-refractivity contribution in [1.29, 1.82) is 0 Å². The Labute approximate surface area is 189 Å². The first-order chi connectivity index (χ1) is 15.1. The van der Waals surface area contributed by atoms with Gasteiger partial charge in [-0.1, -0.05) is 24.3 Å². The highest BCUT2D eigenvalue weighted by Crippen LogP contribution is 2.18. The number of nitrogens with zero attached hydrogens (tertiary/aromatic N) is 2. The van der Waals surface area contributed by atoms with E-state index in [-0.39, 0.29) is 11.9 Å². The number of aliphatic imine (C=N–C) groups is 1. The Hall–Kier alpha value is -2.09. The van der Waals surface area contributed by atoms with Gasteiger partial charge in [0.05, 0.1) is 6.10 Å². The average Bonchev–Trinajstić information content (AvgIpc) is 2.79. The fourth-order valence-corrected chi connectivity index (χ4v) is 4.36. The molecule has 1 saturated heterocycles. The van der Waals surface area contributed by atoms with E-state index >= 15 is 0 Å². The van der Waals surface area contributed by atoms with E-state index in [1.54, 1.807) is 18.8 Å². The molecule has 31 heavy (non-hydrogen) atoms. The Morgan fingerprint density at radius 1 is 1.06 bits per heavy atom. The van der Waals surface area contributed by atoms with Crippen LogP contribution >= 0.6 is 11.8 Å². The van der Waals surface area contributed by atoms with Gasteiger partial charge in [0, 0.05) is 44.7 Å². The van der Waals surface area contributed by atoms with E-state index in [1.807, 2.05) is 12.1 Å². The van der Waals surface area contributed by atoms with Crippen LogP contribution < -0.4 is 10.6 Å². The Morgan fingerprint density at radius 2 is 1.74 bits per heavy atom. The van der Waals surface area contributed by atoms with Crippen molar-refractivity contribution in [3.8, 4) is 0 Å². The number of thioether (sulfide) groups is 1. The predicted octanol–water partition coefficient (Wildman–Crippen LogP) is 3.63. The molecule has 3 rings (SSSR count). The van der Waals surface area contributed by atoms with Crippen LogP contribution in [0, 0.1) is 5.82 Å². The zero-order valence-corrected chi connectivity index (χ0v) is 19.0. The predicted molar refractivity (Wildman–Crippen MR) is 127 cm³/mol. The van der Waals surface area contributed by atoms with Crippen LogP contribution in [0.5, 0.6) is 0 Å². The third-order valence-corrected chi connectivity index (χ3v) is 6.46. The van der Waals surface area contributed by atoms with Crippen LogP contribution in [-0.4, -0.2) is 54.5 Å². The van der Waals surface area contributed by atoms with Crippen LogP contribution in [0.1, 0.15) is 30.4 Å². The van der Waals surface area contributed by atoms with Gasteiger partial charge < -0.3 is 15.7 Å². The number of rotatable bonds is 9. The fourth-order valence-electron chi connectivity index (χ4n) is 3.50. The molecule has 0 saturated carbocycles. The van der Waals surface area contributed by atoms with Gasteiger partial charge in [-0.25, -0.2) is 4.39 Å². The van der Waals surface area contributed by atoms with Crippen molar-refractivity contribution in [3.63, 3.8) is 0 Å². The quantitative estimate of drug-likeness (QED) is 0.239. The van der Waals surface area contributed by atoms with E-state index < -0.39 is 0 Å². The number of guanidine groups is 1. The summed E-state index contributed by atoms with van der Waals surface area (Å²) in [4.78, 5) is 7.78. The summed E-state index contributed by atoms with van der Waals surface area (Å²) in [6.07, 6.45) is 2.62. The molecule has 0 aromatic heterocycles. The smallest absolute Gasteiger partial charge is 0.191 e. The van der Waals surface area contributed by atoms with Crippen molar-refractivity contribution < 1.29 is 9.50 Å². The minimum absolute atomic E-state index is 0.124. The van der Waals surface area contributed by atoms with Gasteiger partial charge in [0.15, 0.2) is 5.96 Å². The molecule has 7 heteroatoms.